The van der Waals surface area contributed by atoms with Gasteiger partial charge in [0.05, 0.1) is 11.3 Å². The minimum atomic E-state index is -4.95. The lowest BCUT2D eigenvalue weighted by atomic mass is 10.1. The summed E-state index contributed by atoms with van der Waals surface area (Å²) in [6.07, 6.45) is -6.44. The van der Waals surface area contributed by atoms with Gasteiger partial charge in [0, 0.05) is 6.54 Å². The van der Waals surface area contributed by atoms with Crippen molar-refractivity contribution in [3.05, 3.63) is 29.1 Å². The van der Waals surface area contributed by atoms with Gasteiger partial charge in [-0.05, 0) is 19.1 Å². The zero-order chi connectivity index (χ0) is 14.8. The quantitative estimate of drug-likeness (QED) is 0.843. The Kier molecular flexibility index (Phi) is 3.99. The SMILES string of the molecule is CCN(C(=O)O)c1ccc(C(F)(F)F)c(F)c1C#N. The van der Waals surface area contributed by atoms with Crippen LogP contribution in [0.1, 0.15) is 18.1 Å². The summed E-state index contributed by atoms with van der Waals surface area (Å²) in [5.41, 5.74) is -2.96. The van der Waals surface area contributed by atoms with Gasteiger partial charge in [-0.1, -0.05) is 0 Å². The molecule has 8 heteroatoms. The lowest BCUT2D eigenvalue weighted by Crippen LogP contribution is -2.30. The van der Waals surface area contributed by atoms with Crippen LogP contribution in [-0.4, -0.2) is 17.7 Å². The van der Waals surface area contributed by atoms with E-state index in [9.17, 15) is 22.4 Å². The molecule has 4 nitrogen and oxygen atoms in total. The van der Waals surface area contributed by atoms with Crippen LogP contribution in [0.5, 0.6) is 0 Å². The fourth-order valence-corrected chi connectivity index (χ4v) is 1.52. The molecular weight excluding hydrogens is 268 g/mol. The lowest BCUT2D eigenvalue weighted by molar-refractivity contribution is -0.140. The Morgan fingerprint density at radius 1 is 1.47 bits per heavy atom. The van der Waals surface area contributed by atoms with Gasteiger partial charge in [-0.3, -0.25) is 4.90 Å². The Labute approximate surface area is 105 Å². The number of benzene rings is 1. The predicted octanol–water partition coefficient (Wildman–Crippen LogP) is 3.22. The third kappa shape index (κ3) is 2.76. The van der Waals surface area contributed by atoms with Crippen LogP contribution in [-0.2, 0) is 6.18 Å². The lowest BCUT2D eigenvalue weighted by Gasteiger charge is -2.20. The monoisotopic (exact) mass is 276 g/mol. The molecule has 1 rings (SSSR count). The topological polar surface area (TPSA) is 64.3 Å². The maximum atomic E-state index is 13.6. The summed E-state index contributed by atoms with van der Waals surface area (Å²) < 4.78 is 51.0. The van der Waals surface area contributed by atoms with Crippen molar-refractivity contribution >= 4 is 11.8 Å². The first-order chi connectivity index (χ1) is 8.73. The molecule has 0 aliphatic heterocycles. The summed E-state index contributed by atoms with van der Waals surface area (Å²) in [4.78, 5) is 11.4. The van der Waals surface area contributed by atoms with Gasteiger partial charge in [-0.25, -0.2) is 9.18 Å². The third-order valence-corrected chi connectivity index (χ3v) is 2.38. The average Bonchev–Trinajstić information content (AvgIpc) is 2.28. The predicted molar refractivity (Wildman–Crippen MR) is 57.2 cm³/mol. The Morgan fingerprint density at radius 3 is 2.42 bits per heavy atom. The molecule has 0 bridgehead atoms. The van der Waals surface area contributed by atoms with Crippen LogP contribution >= 0.6 is 0 Å². The van der Waals surface area contributed by atoms with Gasteiger partial charge < -0.3 is 5.11 Å². The highest BCUT2D eigenvalue weighted by Crippen LogP contribution is 2.35. The zero-order valence-corrected chi connectivity index (χ0v) is 9.62. The van der Waals surface area contributed by atoms with Gasteiger partial charge in [0.15, 0.2) is 5.82 Å². The van der Waals surface area contributed by atoms with Crippen LogP contribution in [0.2, 0.25) is 0 Å². The molecule has 0 unspecified atom stereocenters. The van der Waals surface area contributed by atoms with E-state index < -0.39 is 34.9 Å². The molecule has 0 aromatic heterocycles. The summed E-state index contributed by atoms with van der Waals surface area (Å²) in [5.74, 6) is -1.77. The van der Waals surface area contributed by atoms with Crippen LogP contribution in [0.15, 0.2) is 12.1 Å². The second-order valence-corrected chi connectivity index (χ2v) is 3.46. The van der Waals surface area contributed by atoms with E-state index in [0.717, 1.165) is 6.07 Å². The van der Waals surface area contributed by atoms with Gasteiger partial charge in [-0.2, -0.15) is 18.4 Å². The Hall–Kier alpha value is -2.30. The van der Waals surface area contributed by atoms with Gasteiger partial charge in [0.1, 0.15) is 11.6 Å². The van der Waals surface area contributed by atoms with Crippen molar-refractivity contribution in [1.29, 1.82) is 5.26 Å². The summed E-state index contributed by atoms with van der Waals surface area (Å²) in [6.45, 7) is 1.28. The minimum Gasteiger partial charge on any atom is -0.465 e. The van der Waals surface area contributed by atoms with E-state index in [1.807, 2.05) is 0 Å². The molecule has 1 aromatic rings. The van der Waals surface area contributed by atoms with Crippen molar-refractivity contribution in [2.75, 3.05) is 11.4 Å². The normalized spacial score (nSPS) is 10.9. The zero-order valence-electron chi connectivity index (χ0n) is 9.62. The van der Waals surface area contributed by atoms with Crippen LogP contribution in [0.25, 0.3) is 0 Å². The summed E-state index contributed by atoms with van der Waals surface area (Å²) in [7, 11) is 0. The summed E-state index contributed by atoms with van der Waals surface area (Å²) >= 11 is 0. The molecule has 1 N–H and O–H groups in total. The van der Waals surface area contributed by atoms with Crippen molar-refractivity contribution in [1.82, 2.24) is 0 Å². The number of nitriles is 1. The first-order valence-electron chi connectivity index (χ1n) is 5.04. The molecule has 1 aromatic carbocycles. The highest BCUT2D eigenvalue weighted by Gasteiger charge is 2.36. The average molecular weight is 276 g/mol. The van der Waals surface area contributed by atoms with Crippen molar-refractivity contribution in [2.45, 2.75) is 13.1 Å². The van der Waals surface area contributed by atoms with E-state index in [0.29, 0.717) is 11.0 Å². The second kappa shape index (κ2) is 5.14. The molecule has 1 amide bonds. The van der Waals surface area contributed by atoms with Crippen molar-refractivity contribution in [3.63, 3.8) is 0 Å². The molecule has 0 atom stereocenters. The largest absolute Gasteiger partial charge is 0.465 e. The molecule has 0 spiro atoms. The number of nitrogens with zero attached hydrogens (tertiary/aromatic N) is 2. The van der Waals surface area contributed by atoms with E-state index in [1.54, 1.807) is 0 Å². The third-order valence-electron chi connectivity index (χ3n) is 2.38. The fourth-order valence-electron chi connectivity index (χ4n) is 1.52. The van der Waals surface area contributed by atoms with Crippen LogP contribution < -0.4 is 4.90 Å². The van der Waals surface area contributed by atoms with E-state index in [4.69, 9.17) is 10.4 Å². The van der Waals surface area contributed by atoms with E-state index >= 15 is 0 Å². The molecule has 0 radical (unpaired) electrons. The van der Waals surface area contributed by atoms with Crippen LogP contribution in [0, 0.1) is 17.1 Å². The molecule has 102 valence electrons. The first-order valence-corrected chi connectivity index (χ1v) is 5.04. The Balaban J connectivity index is 3.52. The molecule has 0 fully saturated rings. The molecule has 0 aliphatic rings. The fraction of sp³-hybridized carbons (Fsp3) is 0.273. The molecule has 0 saturated carbocycles. The number of carbonyl (C=O) groups is 1. The highest BCUT2D eigenvalue weighted by atomic mass is 19.4. The summed E-state index contributed by atoms with van der Waals surface area (Å²) in [5, 5.41) is 17.6. The van der Waals surface area contributed by atoms with E-state index in [1.165, 1.54) is 13.0 Å². The van der Waals surface area contributed by atoms with Crippen molar-refractivity contribution < 1.29 is 27.5 Å². The number of alkyl halides is 3. The number of hydrogen-bond donors (Lipinski definition) is 1. The number of rotatable bonds is 2. The highest BCUT2D eigenvalue weighted by molar-refractivity contribution is 5.88. The summed E-state index contributed by atoms with van der Waals surface area (Å²) in [6, 6.07) is 2.45. The maximum Gasteiger partial charge on any atom is 0.419 e. The van der Waals surface area contributed by atoms with Gasteiger partial charge in [0.25, 0.3) is 0 Å². The standard InChI is InChI=1S/C11H8F4N2O2/c1-2-17(10(18)19)8-4-3-7(11(13,14)15)9(12)6(8)5-16/h3-4H,2H2,1H3,(H,18,19). The van der Waals surface area contributed by atoms with Gasteiger partial charge >= 0.3 is 12.3 Å². The Morgan fingerprint density at radius 2 is 2.05 bits per heavy atom. The number of carboxylic acid groups (broad SMARTS) is 1. The van der Waals surface area contributed by atoms with E-state index in [2.05, 4.69) is 0 Å². The molecule has 19 heavy (non-hydrogen) atoms. The minimum absolute atomic E-state index is 0.130. The van der Waals surface area contributed by atoms with Crippen LogP contribution in [0.3, 0.4) is 0 Å². The van der Waals surface area contributed by atoms with Crippen molar-refractivity contribution in [3.8, 4) is 6.07 Å². The molecular formula is C11H8F4N2O2. The first kappa shape index (κ1) is 14.8. The van der Waals surface area contributed by atoms with Crippen molar-refractivity contribution in [2.24, 2.45) is 0 Å². The molecule has 0 heterocycles. The molecule has 0 aliphatic carbocycles. The van der Waals surface area contributed by atoms with Crippen LogP contribution in [0.4, 0.5) is 28.0 Å². The second-order valence-electron chi connectivity index (χ2n) is 3.46. The smallest absolute Gasteiger partial charge is 0.419 e. The number of anilines is 1. The van der Waals surface area contributed by atoms with E-state index in [-0.39, 0.29) is 6.54 Å². The number of amides is 1. The van der Waals surface area contributed by atoms with Gasteiger partial charge in [-0.15, -0.1) is 0 Å². The molecule has 0 saturated heterocycles. The Bertz CT molecular complexity index is 549. The maximum absolute atomic E-state index is 13.6. The van der Waals surface area contributed by atoms with Gasteiger partial charge in [0.2, 0.25) is 0 Å². The number of halogens is 4. The number of hydrogen-bond acceptors (Lipinski definition) is 2.